The highest BCUT2D eigenvalue weighted by atomic mass is 32.1. The Hall–Kier alpha value is -1.76. The molecule has 94 valence electrons. The summed E-state index contributed by atoms with van der Waals surface area (Å²) < 4.78 is 5.51. The van der Waals surface area contributed by atoms with Gasteiger partial charge in [0.05, 0.1) is 18.9 Å². The first-order chi connectivity index (χ1) is 8.79. The summed E-state index contributed by atoms with van der Waals surface area (Å²) in [6.07, 6.45) is 0. The molecule has 0 aliphatic carbocycles. The van der Waals surface area contributed by atoms with Crippen molar-refractivity contribution < 1.29 is 9.53 Å². The van der Waals surface area contributed by atoms with Crippen molar-refractivity contribution in [2.24, 2.45) is 5.84 Å². The van der Waals surface area contributed by atoms with E-state index < -0.39 is 0 Å². The van der Waals surface area contributed by atoms with Crippen LogP contribution in [0.3, 0.4) is 0 Å². The van der Waals surface area contributed by atoms with Gasteiger partial charge in [-0.2, -0.15) is 0 Å². The average Bonchev–Trinajstić information content (AvgIpc) is 2.88. The van der Waals surface area contributed by atoms with E-state index in [-0.39, 0.29) is 5.91 Å². The SMILES string of the molecule is NNC(=O)c1nc(COCc2ccccc2)cs1. The zero-order valence-corrected chi connectivity index (χ0v) is 10.4. The summed E-state index contributed by atoms with van der Waals surface area (Å²) in [6, 6.07) is 9.88. The number of hydrazine groups is 1. The summed E-state index contributed by atoms with van der Waals surface area (Å²) in [7, 11) is 0. The maximum absolute atomic E-state index is 11.2. The third-order valence-electron chi connectivity index (χ3n) is 2.24. The molecule has 2 rings (SSSR count). The van der Waals surface area contributed by atoms with Crippen molar-refractivity contribution in [3.05, 3.63) is 52.0 Å². The second kappa shape index (κ2) is 6.25. The van der Waals surface area contributed by atoms with Crippen molar-refractivity contribution in [1.82, 2.24) is 10.4 Å². The molecular weight excluding hydrogens is 250 g/mol. The Balaban J connectivity index is 1.84. The van der Waals surface area contributed by atoms with Crippen LogP contribution in [0, 0.1) is 0 Å². The van der Waals surface area contributed by atoms with Gasteiger partial charge in [0.15, 0.2) is 5.01 Å². The first kappa shape index (κ1) is 12.7. The molecule has 0 spiro atoms. The van der Waals surface area contributed by atoms with E-state index in [9.17, 15) is 4.79 Å². The third kappa shape index (κ3) is 3.36. The highest BCUT2D eigenvalue weighted by molar-refractivity contribution is 7.11. The molecule has 1 aromatic carbocycles. The predicted molar refractivity (Wildman–Crippen MR) is 68.7 cm³/mol. The Morgan fingerprint density at radius 2 is 2.11 bits per heavy atom. The third-order valence-corrected chi connectivity index (χ3v) is 3.13. The Bertz CT molecular complexity index is 513. The fourth-order valence-electron chi connectivity index (χ4n) is 1.39. The van der Waals surface area contributed by atoms with Gasteiger partial charge in [0.2, 0.25) is 0 Å². The van der Waals surface area contributed by atoms with Gasteiger partial charge in [-0.15, -0.1) is 11.3 Å². The minimum absolute atomic E-state index is 0.343. The molecule has 0 saturated heterocycles. The molecule has 0 aliphatic heterocycles. The van der Waals surface area contributed by atoms with Crippen molar-refractivity contribution in [2.45, 2.75) is 13.2 Å². The molecule has 2 aromatic rings. The van der Waals surface area contributed by atoms with Crippen LogP contribution < -0.4 is 11.3 Å². The molecule has 1 aromatic heterocycles. The predicted octanol–water partition coefficient (Wildman–Crippen LogP) is 1.46. The molecule has 1 heterocycles. The van der Waals surface area contributed by atoms with E-state index in [0.717, 1.165) is 11.3 Å². The number of carbonyl (C=O) groups is 1. The number of hydrogen-bond donors (Lipinski definition) is 2. The molecule has 0 saturated carbocycles. The van der Waals surface area contributed by atoms with E-state index in [2.05, 4.69) is 4.98 Å². The van der Waals surface area contributed by atoms with Crippen LogP contribution in [0.4, 0.5) is 0 Å². The van der Waals surface area contributed by atoms with Crippen molar-refractivity contribution >= 4 is 17.2 Å². The van der Waals surface area contributed by atoms with Crippen LogP contribution in [0.25, 0.3) is 0 Å². The van der Waals surface area contributed by atoms with Gasteiger partial charge < -0.3 is 4.74 Å². The number of thiazole rings is 1. The Labute approximate surface area is 109 Å². The molecular formula is C12H13N3O2S. The number of amides is 1. The number of hydrogen-bond acceptors (Lipinski definition) is 5. The van der Waals surface area contributed by atoms with Crippen molar-refractivity contribution in [2.75, 3.05) is 0 Å². The fourth-order valence-corrected chi connectivity index (χ4v) is 2.09. The lowest BCUT2D eigenvalue weighted by Gasteiger charge is -2.01. The monoisotopic (exact) mass is 263 g/mol. The van der Waals surface area contributed by atoms with Crippen molar-refractivity contribution in [1.29, 1.82) is 0 Å². The lowest BCUT2D eigenvalue weighted by atomic mass is 10.2. The number of nitrogens with two attached hydrogens (primary N) is 1. The van der Waals surface area contributed by atoms with Crippen LogP contribution in [0.2, 0.25) is 0 Å². The summed E-state index contributed by atoms with van der Waals surface area (Å²) in [6.45, 7) is 0.903. The van der Waals surface area contributed by atoms with E-state index in [1.807, 2.05) is 35.8 Å². The number of nitrogen functional groups attached to an aromatic ring is 1. The van der Waals surface area contributed by atoms with Crippen LogP contribution in [0.15, 0.2) is 35.7 Å². The van der Waals surface area contributed by atoms with E-state index in [1.165, 1.54) is 11.3 Å². The molecule has 0 bridgehead atoms. The van der Waals surface area contributed by atoms with Gasteiger partial charge in [-0.05, 0) is 5.56 Å². The topological polar surface area (TPSA) is 77.2 Å². The molecule has 0 atom stereocenters. The molecule has 5 nitrogen and oxygen atoms in total. The molecule has 0 unspecified atom stereocenters. The number of ether oxygens (including phenoxy) is 1. The van der Waals surface area contributed by atoms with Crippen molar-refractivity contribution in [3.8, 4) is 0 Å². The van der Waals surface area contributed by atoms with Crippen LogP contribution in [0.5, 0.6) is 0 Å². The maximum atomic E-state index is 11.2. The normalized spacial score (nSPS) is 10.3. The summed E-state index contributed by atoms with van der Waals surface area (Å²) in [5, 5.41) is 2.13. The molecule has 3 N–H and O–H groups in total. The lowest BCUT2D eigenvalue weighted by molar-refractivity contribution is 0.0948. The van der Waals surface area contributed by atoms with Crippen LogP contribution >= 0.6 is 11.3 Å². The molecule has 0 fully saturated rings. The number of benzene rings is 1. The highest BCUT2D eigenvalue weighted by Gasteiger charge is 2.09. The Morgan fingerprint density at radius 3 is 2.83 bits per heavy atom. The molecule has 0 radical (unpaired) electrons. The summed E-state index contributed by atoms with van der Waals surface area (Å²) in [5.41, 5.74) is 3.88. The number of nitrogens with one attached hydrogen (secondary N) is 1. The van der Waals surface area contributed by atoms with E-state index in [1.54, 1.807) is 5.38 Å². The second-order valence-corrected chi connectivity index (χ2v) is 4.45. The number of carbonyl (C=O) groups excluding carboxylic acids is 1. The van der Waals surface area contributed by atoms with Gasteiger partial charge in [-0.25, -0.2) is 10.8 Å². The summed E-state index contributed by atoms with van der Waals surface area (Å²) in [4.78, 5) is 15.3. The van der Waals surface area contributed by atoms with Crippen LogP contribution in [-0.2, 0) is 18.0 Å². The van der Waals surface area contributed by atoms with Gasteiger partial charge >= 0.3 is 0 Å². The molecule has 6 heteroatoms. The Morgan fingerprint density at radius 1 is 1.33 bits per heavy atom. The van der Waals surface area contributed by atoms with Crippen LogP contribution in [0.1, 0.15) is 21.1 Å². The first-order valence-electron chi connectivity index (χ1n) is 5.36. The quantitative estimate of drug-likeness (QED) is 0.486. The minimum Gasteiger partial charge on any atom is -0.370 e. The molecule has 0 aliphatic rings. The van der Waals surface area contributed by atoms with E-state index in [0.29, 0.717) is 18.2 Å². The first-order valence-corrected chi connectivity index (χ1v) is 6.24. The number of nitrogens with zero attached hydrogens (tertiary/aromatic N) is 1. The standard InChI is InChI=1S/C12H13N3O2S/c13-15-11(16)12-14-10(8-18-12)7-17-6-9-4-2-1-3-5-9/h1-5,8H,6-7,13H2,(H,15,16). The maximum Gasteiger partial charge on any atom is 0.294 e. The largest absolute Gasteiger partial charge is 0.370 e. The molecule has 18 heavy (non-hydrogen) atoms. The Kier molecular flexibility index (Phi) is 4.40. The van der Waals surface area contributed by atoms with Crippen molar-refractivity contribution in [3.63, 3.8) is 0 Å². The smallest absolute Gasteiger partial charge is 0.294 e. The van der Waals surface area contributed by atoms with Crippen LogP contribution in [-0.4, -0.2) is 10.9 Å². The zero-order chi connectivity index (χ0) is 12.8. The number of rotatable bonds is 5. The van der Waals surface area contributed by atoms with E-state index >= 15 is 0 Å². The lowest BCUT2D eigenvalue weighted by Crippen LogP contribution is -2.29. The van der Waals surface area contributed by atoms with Gasteiger partial charge in [0.25, 0.3) is 5.91 Å². The average molecular weight is 263 g/mol. The van der Waals surface area contributed by atoms with E-state index in [4.69, 9.17) is 10.6 Å². The second-order valence-electron chi connectivity index (χ2n) is 3.60. The van der Waals surface area contributed by atoms with Gasteiger partial charge in [-0.1, -0.05) is 30.3 Å². The highest BCUT2D eigenvalue weighted by Crippen LogP contribution is 2.11. The minimum atomic E-state index is -0.380. The number of aromatic nitrogens is 1. The summed E-state index contributed by atoms with van der Waals surface area (Å²) >= 11 is 1.25. The summed E-state index contributed by atoms with van der Waals surface area (Å²) in [5.74, 6) is 4.65. The zero-order valence-electron chi connectivity index (χ0n) is 9.63. The van der Waals surface area contributed by atoms with Gasteiger partial charge in [-0.3, -0.25) is 10.2 Å². The van der Waals surface area contributed by atoms with Gasteiger partial charge in [0.1, 0.15) is 0 Å². The van der Waals surface area contributed by atoms with Gasteiger partial charge in [0, 0.05) is 5.38 Å². The fraction of sp³-hybridized carbons (Fsp3) is 0.167. The molecule has 1 amide bonds.